The zero-order chi connectivity index (χ0) is 12.9. The molecule has 1 aliphatic heterocycles. The van der Waals surface area contributed by atoms with Crippen molar-refractivity contribution in [3.8, 4) is 0 Å². The van der Waals surface area contributed by atoms with Crippen LogP contribution in [0.3, 0.4) is 0 Å². The van der Waals surface area contributed by atoms with Gasteiger partial charge in [-0.05, 0) is 13.3 Å². The number of hydrogen-bond donors (Lipinski definition) is 1. The lowest BCUT2D eigenvalue weighted by Crippen LogP contribution is -2.57. The molecule has 1 rings (SSSR count). The van der Waals surface area contributed by atoms with Gasteiger partial charge in [0.25, 0.3) is 0 Å². The highest BCUT2D eigenvalue weighted by atomic mass is 32.2. The zero-order valence-electron chi connectivity index (χ0n) is 10.3. The van der Waals surface area contributed by atoms with Crippen LogP contribution in [0.5, 0.6) is 0 Å². The minimum absolute atomic E-state index is 0.0649. The number of ether oxygens (including phenoxy) is 1. The van der Waals surface area contributed by atoms with Gasteiger partial charge in [-0.3, -0.25) is 4.79 Å². The van der Waals surface area contributed by atoms with E-state index in [2.05, 4.69) is 5.32 Å². The first-order valence-electron chi connectivity index (χ1n) is 5.88. The van der Waals surface area contributed by atoms with Crippen molar-refractivity contribution in [3.05, 3.63) is 0 Å². The summed E-state index contributed by atoms with van der Waals surface area (Å²) in [7, 11) is -3.40. The van der Waals surface area contributed by atoms with Crippen molar-refractivity contribution in [1.82, 2.24) is 9.62 Å². The van der Waals surface area contributed by atoms with Crippen LogP contribution in [0.2, 0.25) is 0 Å². The van der Waals surface area contributed by atoms with Crippen LogP contribution in [0.4, 0.5) is 0 Å². The van der Waals surface area contributed by atoms with E-state index in [0.29, 0.717) is 26.1 Å². The second kappa shape index (κ2) is 6.32. The molecular formula is C10H20N2O4S. The Balaban J connectivity index is 2.70. The molecule has 0 radical (unpaired) electrons. The molecule has 0 aromatic carbocycles. The lowest BCUT2D eigenvalue weighted by atomic mass is 10.2. The second-order valence-electron chi connectivity index (χ2n) is 3.84. The van der Waals surface area contributed by atoms with E-state index in [1.807, 2.05) is 6.92 Å². The Hall–Kier alpha value is -0.660. The molecule has 0 aromatic rings. The van der Waals surface area contributed by atoms with E-state index in [-0.39, 0.29) is 18.3 Å². The van der Waals surface area contributed by atoms with E-state index >= 15 is 0 Å². The van der Waals surface area contributed by atoms with Gasteiger partial charge in [-0.2, -0.15) is 4.31 Å². The number of carbonyl (C=O) groups excluding carboxylic acids is 1. The van der Waals surface area contributed by atoms with Crippen LogP contribution in [0.1, 0.15) is 20.3 Å². The first-order valence-corrected chi connectivity index (χ1v) is 7.48. The van der Waals surface area contributed by atoms with Crippen molar-refractivity contribution >= 4 is 15.9 Å². The molecule has 0 aliphatic carbocycles. The summed E-state index contributed by atoms with van der Waals surface area (Å²) in [6.07, 6.45) is 0.486. The third-order valence-corrected chi connectivity index (χ3v) is 4.55. The van der Waals surface area contributed by atoms with Gasteiger partial charge in [-0.1, -0.05) is 6.92 Å². The maximum atomic E-state index is 12.0. The minimum Gasteiger partial charge on any atom is -0.381 e. The quantitative estimate of drug-likeness (QED) is 0.660. The van der Waals surface area contributed by atoms with Crippen LogP contribution in [0, 0.1) is 0 Å². The number of nitrogens with one attached hydrogen (secondary N) is 1. The van der Waals surface area contributed by atoms with Crippen LogP contribution >= 0.6 is 0 Å². The molecule has 1 amide bonds. The monoisotopic (exact) mass is 264 g/mol. The fourth-order valence-electron chi connectivity index (χ4n) is 1.84. The van der Waals surface area contributed by atoms with E-state index < -0.39 is 16.1 Å². The average molecular weight is 264 g/mol. The van der Waals surface area contributed by atoms with Gasteiger partial charge in [0.05, 0.1) is 12.4 Å². The predicted octanol–water partition coefficient (Wildman–Crippen LogP) is -0.437. The molecule has 0 saturated carbocycles. The highest BCUT2D eigenvalue weighted by Gasteiger charge is 2.35. The van der Waals surface area contributed by atoms with E-state index in [0.717, 1.165) is 0 Å². The number of rotatable bonds is 6. The summed E-state index contributed by atoms with van der Waals surface area (Å²) in [5.74, 6) is -0.274. The SMILES string of the molecule is CCOCCS(=O)(=O)N1CCNC(=O)C1CC. The molecule has 7 heteroatoms. The van der Waals surface area contributed by atoms with Gasteiger partial charge in [-0.25, -0.2) is 8.42 Å². The molecule has 1 saturated heterocycles. The van der Waals surface area contributed by atoms with Crippen molar-refractivity contribution in [3.63, 3.8) is 0 Å². The number of piperazine rings is 1. The maximum absolute atomic E-state index is 12.0. The Morgan fingerprint density at radius 2 is 2.18 bits per heavy atom. The van der Waals surface area contributed by atoms with Gasteiger partial charge in [0.1, 0.15) is 6.04 Å². The van der Waals surface area contributed by atoms with Crippen molar-refractivity contribution in [2.45, 2.75) is 26.3 Å². The summed E-state index contributed by atoms with van der Waals surface area (Å²) in [6.45, 7) is 5.01. The molecule has 1 unspecified atom stereocenters. The smallest absolute Gasteiger partial charge is 0.238 e. The standard InChI is InChI=1S/C10H20N2O4S/c1-3-9-10(13)11-5-6-12(9)17(14,15)8-7-16-4-2/h9H,3-8H2,1-2H3,(H,11,13). The number of nitrogens with zero attached hydrogens (tertiary/aromatic N) is 1. The number of carbonyl (C=O) groups is 1. The molecule has 1 heterocycles. The van der Waals surface area contributed by atoms with Crippen LogP contribution in [-0.4, -0.2) is 56.7 Å². The van der Waals surface area contributed by atoms with Gasteiger partial charge in [0, 0.05) is 19.7 Å². The molecule has 1 N–H and O–H groups in total. The van der Waals surface area contributed by atoms with E-state index in [1.54, 1.807) is 6.92 Å². The first kappa shape index (κ1) is 14.4. The topological polar surface area (TPSA) is 75.7 Å². The highest BCUT2D eigenvalue weighted by Crippen LogP contribution is 2.14. The Morgan fingerprint density at radius 3 is 2.76 bits per heavy atom. The van der Waals surface area contributed by atoms with Gasteiger partial charge in [0.2, 0.25) is 15.9 Å². The normalized spacial score (nSPS) is 22.5. The van der Waals surface area contributed by atoms with Crippen LogP contribution in [0.15, 0.2) is 0 Å². The molecule has 17 heavy (non-hydrogen) atoms. The fraction of sp³-hybridized carbons (Fsp3) is 0.900. The Bertz CT molecular complexity index is 355. The van der Waals surface area contributed by atoms with E-state index in [9.17, 15) is 13.2 Å². The van der Waals surface area contributed by atoms with Crippen LogP contribution < -0.4 is 5.32 Å². The van der Waals surface area contributed by atoms with Crippen molar-refractivity contribution in [2.75, 3.05) is 32.1 Å². The summed E-state index contributed by atoms with van der Waals surface area (Å²) in [5, 5.41) is 2.68. The summed E-state index contributed by atoms with van der Waals surface area (Å²) in [5.41, 5.74) is 0. The largest absolute Gasteiger partial charge is 0.381 e. The molecule has 1 fully saturated rings. The summed E-state index contributed by atoms with van der Waals surface area (Å²) < 4.78 is 30.4. The van der Waals surface area contributed by atoms with Gasteiger partial charge < -0.3 is 10.1 Å². The summed E-state index contributed by atoms with van der Waals surface area (Å²) in [4.78, 5) is 11.6. The number of sulfonamides is 1. The lowest BCUT2D eigenvalue weighted by molar-refractivity contribution is -0.126. The molecule has 0 aromatic heterocycles. The molecule has 1 atom stereocenters. The van der Waals surface area contributed by atoms with Crippen molar-refractivity contribution in [2.24, 2.45) is 0 Å². The maximum Gasteiger partial charge on any atom is 0.238 e. The fourth-order valence-corrected chi connectivity index (χ4v) is 3.41. The Kier molecular flexibility index (Phi) is 5.35. The number of amides is 1. The average Bonchev–Trinajstić information content (AvgIpc) is 2.29. The van der Waals surface area contributed by atoms with Crippen molar-refractivity contribution < 1.29 is 17.9 Å². The van der Waals surface area contributed by atoms with Crippen molar-refractivity contribution in [1.29, 1.82) is 0 Å². The predicted molar refractivity (Wildman–Crippen MR) is 64.1 cm³/mol. The van der Waals surface area contributed by atoms with Gasteiger partial charge >= 0.3 is 0 Å². The highest BCUT2D eigenvalue weighted by molar-refractivity contribution is 7.89. The third kappa shape index (κ3) is 3.65. The first-order chi connectivity index (χ1) is 8.03. The molecule has 6 nitrogen and oxygen atoms in total. The lowest BCUT2D eigenvalue weighted by Gasteiger charge is -2.33. The number of hydrogen-bond acceptors (Lipinski definition) is 4. The zero-order valence-corrected chi connectivity index (χ0v) is 11.1. The van der Waals surface area contributed by atoms with Gasteiger partial charge in [0.15, 0.2) is 0 Å². The minimum atomic E-state index is -3.40. The second-order valence-corrected chi connectivity index (χ2v) is 5.88. The van der Waals surface area contributed by atoms with Crippen LogP contribution in [0.25, 0.3) is 0 Å². The Morgan fingerprint density at radius 1 is 1.47 bits per heavy atom. The molecule has 0 bridgehead atoms. The van der Waals surface area contributed by atoms with Gasteiger partial charge in [-0.15, -0.1) is 0 Å². The molecule has 100 valence electrons. The third-order valence-electron chi connectivity index (χ3n) is 2.72. The molecule has 0 spiro atoms. The Labute approximate surface area is 102 Å². The van der Waals surface area contributed by atoms with E-state index in [1.165, 1.54) is 4.31 Å². The van der Waals surface area contributed by atoms with E-state index in [4.69, 9.17) is 4.74 Å². The van der Waals surface area contributed by atoms with Crippen LogP contribution in [-0.2, 0) is 19.6 Å². The summed E-state index contributed by atoms with van der Waals surface area (Å²) >= 11 is 0. The molecular weight excluding hydrogens is 244 g/mol. The summed E-state index contributed by atoms with van der Waals surface area (Å²) in [6, 6.07) is -0.574. The molecule has 1 aliphatic rings.